The van der Waals surface area contributed by atoms with Gasteiger partial charge in [0, 0.05) is 30.2 Å². The Balaban J connectivity index is 2.45. The second kappa shape index (κ2) is 6.54. The van der Waals surface area contributed by atoms with Gasteiger partial charge in [0.1, 0.15) is 5.60 Å². The highest BCUT2D eigenvalue weighted by atomic mass is 79.9. The number of ether oxygens (including phenoxy) is 1. The molecule has 3 atom stereocenters. The molecular formula is C16H25BrN2O. The Morgan fingerprint density at radius 3 is 2.80 bits per heavy atom. The van der Waals surface area contributed by atoms with E-state index in [0.29, 0.717) is 11.8 Å². The maximum atomic E-state index is 6.14. The summed E-state index contributed by atoms with van der Waals surface area (Å²) in [4.78, 5) is 6.90. The van der Waals surface area contributed by atoms with Crippen molar-refractivity contribution in [2.24, 2.45) is 11.8 Å². The zero-order valence-corrected chi connectivity index (χ0v) is 14.5. The number of methoxy groups -OCH3 is 1. The van der Waals surface area contributed by atoms with E-state index in [-0.39, 0.29) is 5.60 Å². The summed E-state index contributed by atoms with van der Waals surface area (Å²) >= 11 is 3.57. The van der Waals surface area contributed by atoms with Gasteiger partial charge in [-0.1, -0.05) is 29.3 Å². The highest BCUT2D eigenvalue weighted by molar-refractivity contribution is 9.10. The molecule has 112 valence electrons. The van der Waals surface area contributed by atoms with E-state index >= 15 is 0 Å². The molecule has 20 heavy (non-hydrogen) atoms. The minimum absolute atomic E-state index is 0.272. The fourth-order valence-electron chi connectivity index (χ4n) is 3.72. The van der Waals surface area contributed by atoms with Crippen molar-refractivity contribution in [1.82, 2.24) is 9.88 Å². The number of rotatable bonds is 4. The van der Waals surface area contributed by atoms with E-state index in [1.807, 2.05) is 19.4 Å². The topological polar surface area (TPSA) is 25.4 Å². The molecule has 0 bridgehead atoms. The van der Waals surface area contributed by atoms with E-state index in [0.717, 1.165) is 16.7 Å². The van der Waals surface area contributed by atoms with Crippen molar-refractivity contribution >= 4 is 15.9 Å². The van der Waals surface area contributed by atoms with Crippen LogP contribution < -0.4 is 0 Å². The van der Waals surface area contributed by atoms with Gasteiger partial charge in [0.15, 0.2) is 0 Å². The van der Waals surface area contributed by atoms with Crippen LogP contribution in [0, 0.1) is 11.8 Å². The molecule has 1 aromatic rings. The van der Waals surface area contributed by atoms with Crippen molar-refractivity contribution in [3.63, 3.8) is 0 Å². The van der Waals surface area contributed by atoms with Crippen LogP contribution in [0.25, 0.3) is 0 Å². The lowest BCUT2D eigenvalue weighted by molar-refractivity contribution is -0.133. The fourth-order valence-corrected chi connectivity index (χ4v) is 4.06. The molecule has 1 heterocycles. The van der Waals surface area contributed by atoms with Crippen LogP contribution in [-0.2, 0) is 10.3 Å². The molecule has 0 aromatic carbocycles. The van der Waals surface area contributed by atoms with Crippen molar-refractivity contribution in [2.75, 3.05) is 27.7 Å². The predicted molar refractivity (Wildman–Crippen MR) is 85.7 cm³/mol. The lowest BCUT2D eigenvalue weighted by atomic mass is 9.66. The Morgan fingerprint density at radius 1 is 1.45 bits per heavy atom. The van der Waals surface area contributed by atoms with Crippen LogP contribution in [0.2, 0.25) is 0 Å². The second-order valence-corrected chi connectivity index (χ2v) is 7.06. The highest BCUT2D eigenvalue weighted by Gasteiger charge is 2.48. The first-order valence-corrected chi connectivity index (χ1v) is 8.12. The molecule has 4 heteroatoms. The normalized spacial score (nSPS) is 30.7. The van der Waals surface area contributed by atoms with E-state index in [1.165, 1.54) is 19.3 Å². The Labute approximate surface area is 130 Å². The molecule has 1 fully saturated rings. The second-order valence-electron chi connectivity index (χ2n) is 6.15. The van der Waals surface area contributed by atoms with E-state index in [4.69, 9.17) is 4.74 Å². The average Bonchev–Trinajstić information content (AvgIpc) is 2.39. The van der Waals surface area contributed by atoms with Crippen LogP contribution in [0.3, 0.4) is 0 Å². The van der Waals surface area contributed by atoms with Gasteiger partial charge in [-0.3, -0.25) is 4.98 Å². The summed E-state index contributed by atoms with van der Waals surface area (Å²) < 4.78 is 7.21. The quantitative estimate of drug-likeness (QED) is 0.835. The predicted octanol–water partition coefficient (Wildman–Crippen LogP) is 3.68. The smallest absolute Gasteiger partial charge is 0.116 e. The summed E-state index contributed by atoms with van der Waals surface area (Å²) in [6.45, 7) is 3.33. The lowest BCUT2D eigenvalue weighted by Crippen LogP contribution is -2.49. The average molecular weight is 341 g/mol. The molecule has 1 aromatic heterocycles. The molecule has 3 nitrogen and oxygen atoms in total. The largest absolute Gasteiger partial charge is 0.371 e. The Hall–Kier alpha value is -0.450. The lowest BCUT2D eigenvalue weighted by Gasteiger charge is -2.48. The molecule has 1 aliphatic carbocycles. The van der Waals surface area contributed by atoms with E-state index in [9.17, 15) is 0 Å². The minimum atomic E-state index is -0.272. The Morgan fingerprint density at radius 2 is 2.20 bits per heavy atom. The van der Waals surface area contributed by atoms with Crippen LogP contribution in [-0.4, -0.2) is 37.6 Å². The number of hydrogen-bond acceptors (Lipinski definition) is 3. The first-order valence-electron chi connectivity index (χ1n) is 7.32. The third kappa shape index (κ3) is 2.92. The molecule has 0 N–H and O–H groups in total. The van der Waals surface area contributed by atoms with E-state index in [1.54, 1.807) is 0 Å². The Bertz CT molecular complexity index is 452. The summed E-state index contributed by atoms with van der Waals surface area (Å²) in [7, 11) is 6.11. The third-order valence-electron chi connectivity index (χ3n) is 4.57. The molecule has 1 saturated carbocycles. The molecule has 0 amide bonds. The summed E-state index contributed by atoms with van der Waals surface area (Å²) in [5.41, 5.74) is 0.792. The SMILES string of the molecule is COC1(c2cc(Br)ccn2)C(C)CCCC1CN(C)C. The standard InChI is InChI=1S/C16H25BrN2O/c1-12-6-5-7-13(11-19(2)3)16(12,20-4)15-10-14(17)8-9-18-15/h8-10,12-13H,5-7,11H2,1-4H3. The molecule has 0 saturated heterocycles. The monoisotopic (exact) mass is 340 g/mol. The summed E-state index contributed by atoms with van der Waals surface area (Å²) in [6.07, 6.45) is 5.55. The fraction of sp³-hybridized carbons (Fsp3) is 0.688. The van der Waals surface area contributed by atoms with E-state index < -0.39 is 0 Å². The van der Waals surface area contributed by atoms with Crippen molar-refractivity contribution in [3.8, 4) is 0 Å². The maximum absolute atomic E-state index is 6.14. The zero-order valence-electron chi connectivity index (χ0n) is 12.9. The van der Waals surface area contributed by atoms with Crippen LogP contribution in [0.1, 0.15) is 31.9 Å². The van der Waals surface area contributed by atoms with Gasteiger partial charge < -0.3 is 9.64 Å². The summed E-state index contributed by atoms with van der Waals surface area (Å²) in [5, 5.41) is 0. The van der Waals surface area contributed by atoms with Crippen LogP contribution in [0.15, 0.2) is 22.8 Å². The third-order valence-corrected chi connectivity index (χ3v) is 5.07. The summed E-state index contributed by atoms with van der Waals surface area (Å²) in [5.74, 6) is 0.959. The van der Waals surface area contributed by atoms with Crippen molar-refractivity contribution in [2.45, 2.75) is 31.8 Å². The van der Waals surface area contributed by atoms with Gasteiger partial charge in [-0.15, -0.1) is 0 Å². The highest BCUT2D eigenvalue weighted by Crippen LogP contribution is 2.48. The van der Waals surface area contributed by atoms with Crippen LogP contribution in [0.4, 0.5) is 0 Å². The number of nitrogens with zero attached hydrogens (tertiary/aromatic N) is 2. The van der Waals surface area contributed by atoms with Gasteiger partial charge in [0.05, 0.1) is 5.69 Å². The number of aromatic nitrogens is 1. The number of pyridine rings is 1. The van der Waals surface area contributed by atoms with Gasteiger partial charge in [-0.2, -0.15) is 0 Å². The van der Waals surface area contributed by atoms with Crippen molar-refractivity contribution in [1.29, 1.82) is 0 Å². The van der Waals surface area contributed by atoms with Gasteiger partial charge >= 0.3 is 0 Å². The van der Waals surface area contributed by atoms with E-state index in [2.05, 4.69) is 52.9 Å². The number of hydrogen-bond donors (Lipinski definition) is 0. The molecule has 0 radical (unpaired) electrons. The molecular weight excluding hydrogens is 316 g/mol. The first-order chi connectivity index (χ1) is 9.50. The van der Waals surface area contributed by atoms with Crippen LogP contribution >= 0.6 is 15.9 Å². The molecule has 1 aliphatic rings. The van der Waals surface area contributed by atoms with Crippen LogP contribution in [0.5, 0.6) is 0 Å². The molecule has 2 rings (SSSR count). The van der Waals surface area contributed by atoms with Gasteiger partial charge in [-0.25, -0.2) is 0 Å². The van der Waals surface area contributed by atoms with Gasteiger partial charge in [-0.05, 0) is 45.0 Å². The maximum Gasteiger partial charge on any atom is 0.116 e. The minimum Gasteiger partial charge on any atom is -0.371 e. The first kappa shape index (κ1) is 15.9. The van der Waals surface area contributed by atoms with Gasteiger partial charge in [0.25, 0.3) is 0 Å². The number of halogens is 1. The Kier molecular flexibility index (Phi) is 5.21. The molecule has 0 aliphatic heterocycles. The molecule has 0 spiro atoms. The van der Waals surface area contributed by atoms with Crippen molar-refractivity contribution in [3.05, 3.63) is 28.5 Å². The summed E-state index contributed by atoms with van der Waals surface area (Å²) in [6, 6.07) is 4.09. The zero-order chi connectivity index (χ0) is 14.8. The van der Waals surface area contributed by atoms with Crippen molar-refractivity contribution < 1.29 is 4.74 Å². The van der Waals surface area contributed by atoms with Gasteiger partial charge in [0.2, 0.25) is 0 Å². The molecule has 3 unspecified atom stereocenters.